The van der Waals surface area contributed by atoms with Crippen molar-refractivity contribution in [1.29, 1.82) is 0 Å². The van der Waals surface area contributed by atoms with Crippen molar-refractivity contribution in [2.75, 3.05) is 195 Å². The van der Waals surface area contributed by atoms with Gasteiger partial charge in [-0.2, -0.15) is 0 Å². The monoisotopic (exact) mass is 1940 g/mol. The largest absolute Gasteiger partial charge is 0.384 e. The second-order valence-electron chi connectivity index (χ2n) is 35.6. The minimum absolute atomic E-state index is 0.699. The Kier molecular flexibility index (Phi) is 31.5. The van der Waals surface area contributed by atoms with Crippen LogP contribution in [0.1, 0.15) is 62.3 Å². The molecule has 0 aliphatic carbocycles. The molecular formula is C112H116Cl4N24. The minimum Gasteiger partial charge on any atom is -0.384 e. The summed E-state index contributed by atoms with van der Waals surface area (Å²) >= 11 is 24.5. The van der Waals surface area contributed by atoms with E-state index in [2.05, 4.69) is 252 Å². The van der Waals surface area contributed by atoms with Gasteiger partial charge in [0.15, 0.2) is 0 Å². The highest BCUT2D eigenvalue weighted by atomic mass is 35.5. The molecule has 0 spiro atoms. The lowest BCUT2D eigenvalue weighted by molar-refractivity contribution is 0.270. The molecule has 4 aliphatic heterocycles. The van der Waals surface area contributed by atoms with E-state index in [9.17, 15) is 0 Å². The number of fused-ring (bicyclic) bond motifs is 8. The van der Waals surface area contributed by atoms with Gasteiger partial charge in [-0.25, -0.2) is 39.9 Å². The zero-order valence-corrected chi connectivity index (χ0v) is 82.3. The summed E-state index contributed by atoms with van der Waals surface area (Å²) in [6.07, 6.45) is 14.7. The number of aromatic nitrogens is 12. The number of likely N-dealkylation sites (N-methyl/N-ethyl adjacent to an activating group) is 2. The number of nitrogens with one attached hydrogen (secondary N) is 4. The molecule has 0 unspecified atom stereocenters. The lowest BCUT2D eigenvalue weighted by Gasteiger charge is -2.36. The topological polar surface area (TPSA) is 229 Å². The number of halogens is 4. The SMILES string of the molecule is CCN1CCN(c2nc(CCCNc3ccnc4cc(Cl)ccc34)c3ccccc3n2)CC1.CCN1CCN(c2nc(CCCNc3ccnc4cc(Cl)ccc34)c3ccccc3n2)CC1.Clc1ccc2c(NCCCc3nc(N4CCN(c5ccccc5)CC4)nc4ccccc34)ccnc2c1.Clc1ccc2c(NCCCc3nc(N4CCN(c5ccccc5)CC4)nc4ccccc34)ccnc2c1. The van der Waals surface area contributed by atoms with Gasteiger partial charge in [0.25, 0.3) is 0 Å². The van der Waals surface area contributed by atoms with E-state index in [0.29, 0.717) is 20.1 Å². The molecule has 4 saturated heterocycles. The molecule has 0 atom stereocenters. The van der Waals surface area contributed by atoms with E-state index in [-0.39, 0.29) is 0 Å². The van der Waals surface area contributed by atoms with Crippen molar-refractivity contribution in [3.8, 4) is 0 Å². The van der Waals surface area contributed by atoms with E-state index >= 15 is 0 Å². The molecule has 12 heterocycles. The first-order chi connectivity index (χ1) is 68.9. The molecule has 18 aromatic rings. The second-order valence-corrected chi connectivity index (χ2v) is 37.4. The summed E-state index contributed by atoms with van der Waals surface area (Å²) in [5, 5.41) is 26.0. The summed E-state index contributed by atoms with van der Waals surface area (Å²) in [6.45, 7) is 25.7. The minimum atomic E-state index is 0.699. The van der Waals surface area contributed by atoms with Crippen LogP contribution in [-0.2, 0) is 25.7 Å². The second kappa shape index (κ2) is 46.4. The Labute approximate surface area is 837 Å². The van der Waals surface area contributed by atoms with Crippen LogP contribution in [0.2, 0.25) is 20.1 Å². The van der Waals surface area contributed by atoms with Crippen molar-refractivity contribution >= 4 is 192 Å². The Bertz CT molecular complexity index is 6820. The van der Waals surface area contributed by atoms with Gasteiger partial charge in [0.2, 0.25) is 23.8 Å². The predicted molar refractivity (Wildman–Crippen MR) is 583 cm³/mol. The summed E-state index contributed by atoms with van der Waals surface area (Å²) in [5.41, 5.74) is 19.0. The molecule has 10 aromatic carbocycles. The van der Waals surface area contributed by atoms with Crippen LogP contribution in [-0.4, -0.2) is 214 Å². The van der Waals surface area contributed by atoms with Crippen LogP contribution in [0.3, 0.4) is 0 Å². The maximum atomic E-state index is 6.14. The molecule has 4 N–H and O–H groups in total. The van der Waals surface area contributed by atoms with E-state index in [1.54, 1.807) is 0 Å². The van der Waals surface area contributed by atoms with Gasteiger partial charge in [0.1, 0.15) is 0 Å². The van der Waals surface area contributed by atoms with Gasteiger partial charge >= 0.3 is 0 Å². The van der Waals surface area contributed by atoms with Gasteiger partial charge in [-0.05, 0) is 210 Å². The Balaban J connectivity index is 0.000000119. The molecule has 0 bridgehead atoms. The summed E-state index contributed by atoms with van der Waals surface area (Å²) in [4.78, 5) is 76.7. The maximum absolute atomic E-state index is 6.14. The van der Waals surface area contributed by atoms with Crippen molar-refractivity contribution < 1.29 is 0 Å². The molecule has 4 aliphatic rings. The summed E-state index contributed by atoms with van der Waals surface area (Å²) in [5.74, 6) is 3.41. The Hall–Kier alpha value is -13.7. The first-order valence-electron chi connectivity index (χ1n) is 49.1. The number of para-hydroxylation sites is 6. The fourth-order valence-corrected chi connectivity index (χ4v) is 19.7. The highest BCUT2D eigenvalue weighted by molar-refractivity contribution is 6.32. The first kappa shape index (κ1) is 95.2. The third kappa shape index (κ3) is 23.7. The van der Waals surface area contributed by atoms with Gasteiger partial charge in [-0.15, -0.1) is 0 Å². The van der Waals surface area contributed by atoms with Gasteiger partial charge < -0.3 is 60.5 Å². The molecular weight excluding hydrogens is 1820 g/mol. The smallest absolute Gasteiger partial charge is 0.226 e. The molecule has 0 amide bonds. The number of hydrogen-bond donors (Lipinski definition) is 4. The van der Waals surface area contributed by atoms with Crippen LogP contribution in [0.25, 0.3) is 87.2 Å². The molecule has 140 heavy (non-hydrogen) atoms. The summed E-state index contributed by atoms with van der Waals surface area (Å²) < 4.78 is 0. The summed E-state index contributed by atoms with van der Waals surface area (Å²) in [7, 11) is 0. The highest BCUT2D eigenvalue weighted by Gasteiger charge is 2.27. The standard InChI is InChI=1S/2C30H29ClN6.2C26H29ClN6/c2*31-22-12-13-25-26(14-16-33-29(25)21-22)32-15-6-11-28-24-9-4-5-10-27(24)34-30(35-28)37-19-17-36(18-20-37)23-7-2-1-3-8-23;2*1-2-32-14-16-33(17-15-32)26-30-23-7-4-3-6-20(23)24(31-26)8-5-12-28-22-11-13-29-25-18-19(27)9-10-21(22)25/h2*1-5,7-10,12-14,16,21H,6,11,15,17-20H2,(H,32,33);2*3-4,6-7,9-11,13,18H,2,5,8,12,14-17H2,1H3,(H,28,29). The molecule has 4 fully saturated rings. The number of benzene rings is 10. The lowest BCUT2D eigenvalue weighted by Crippen LogP contribution is -2.47. The highest BCUT2D eigenvalue weighted by Crippen LogP contribution is 2.34. The van der Waals surface area contributed by atoms with Gasteiger partial charge in [-0.3, -0.25) is 19.9 Å². The van der Waals surface area contributed by atoms with Crippen LogP contribution < -0.4 is 50.7 Å². The number of piperazine rings is 4. The van der Waals surface area contributed by atoms with E-state index in [4.69, 9.17) is 86.3 Å². The number of nitrogens with zero attached hydrogens (tertiary/aromatic N) is 20. The average molecular weight is 1940 g/mol. The van der Waals surface area contributed by atoms with Crippen LogP contribution in [0.15, 0.2) is 280 Å². The van der Waals surface area contributed by atoms with E-state index in [0.717, 1.165) is 352 Å². The molecule has 0 saturated carbocycles. The zero-order chi connectivity index (χ0) is 95.3. The lowest BCUT2D eigenvalue weighted by atomic mass is 10.1. The third-order valence-electron chi connectivity index (χ3n) is 26.7. The van der Waals surface area contributed by atoms with Crippen LogP contribution in [0.5, 0.6) is 0 Å². The van der Waals surface area contributed by atoms with Gasteiger partial charge in [0.05, 0.1) is 66.9 Å². The number of aryl methyl sites for hydroxylation is 4. The quantitative estimate of drug-likeness (QED) is 0.0334. The van der Waals surface area contributed by atoms with Crippen LogP contribution in [0, 0.1) is 0 Å². The average Bonchev–Trinajstić information content (AvgIpc) is 0.813. The molecule has 8 aromatic heterocycles. The molecule has 22 rings (SSSR count). The van der Waals surface area contributed by atoms with Crippen LogP contribution in [0.4, 0.5) is 57.9 Å². The Morgan fingerprint density at radius 3 is 0.707 bits per heavy atom. The van der Waals surface area contributed by atoms with Crippen molar-refractivity contribution in [2.24, 2.45) is 0 Å². The maximum Gasteiger partial charge on any atom is 0.226 e. The van der Waals surface area contributed by atoms with E-state index < -0.39 is 0 Å². The number of hydrogen-bond acceptors (Lipinski definition) is 24. The molecule has 712 valence electrons. The molecule has 24 nitrogen and oxygen atoms in total. The van der Waals surface area contributed by atoms with Crippen LogP contribution >= 0.6 is 46.4 Å². The van der Waals surface area contributed by atoms with E-state index in [1.807, 2.05) is 122 Å². The fourth-order valence-electron chi connectivity index (χ4n) is 19.0. The normalized spacial score (nSPS) is 14.3. The summed E-state index contributed by atoms with van der Waals surface area (Å²) in [6, 6.07) is 86.1. The first-order valence-corrected chi connectivity index (χ1v) is 50.6. The Morgan fingerprint density at radius 2 is 0.457 bits per heavy atom. The third-order valence-corrected chi connectivity index (χ3v) is 27.6. The van der Waals surface area contributed by atoms with Gasteiger partial charge in [0, 0.05) is 253 Å². The van der Waals surface area contributed by atoms with E-state index in [1.165, 1.54) is 11.4 Å². The predicted octanol–water partition coefficient (Wildman–Crippen LogP) is 22.4. The number of rotatable bonds is 28. The fraction of sp³-hybridized carbons (Fsp3) is 0.286. The molecule has 0 radical (unpaired) electrons. The number of anilines is 10. The van der Waals surface area contributed by atoms with Crippen molar-refractivity contribution in [3.05, 3.63) is 322 Å². The number of pyridine rings is 4. The van der Waals surface area contributed by atoms with Gasteiger partial charge in [-0.1, -0.05) is 169 Å². The Morgan fingerprint density at radius 1 is 0.229 bits per heavy atom. The zero-order valence-electron chi connectivity index (χ0n) is 79.2. The molecule has 28 heteroatoms. The van der Waals surface area contributed by atoms with Crippen molar-refractivity contribution in [3.63, 3.8) is 0 Å². The van der Waals surface area contributed by atoms with Crippen molar-refractivity contribution in [1.82, 2.24) is 69.6 Å². The van der Waals surface area contributed by atoms with Crippen molar-refractivity contribution in [2.45, 2.75) is 65.2 Å².